The van der Waals surface area contributed by atoms with Gasteiger partial charge in [0, 0.05) is 22.5 Å². The van der Waals surface area contributed by atoms with E-state index in [1.165, 1.54) is 24.3 Å². The first-order valence-corrected chi connectivity index (χ1v) is 12.0. The quantitative estimate of drug-likeness (QED) is 0.364. The number of fused-ring (bicyclic) bond motifs is 2. The van der Waals surface area contributed by atoms with Crippen LogP contribution in [0.15, 0.2) is 65.6 Å². The van der Waals surface area contributed by atoms with Crippen LogP contribution in [-0.2, 0) is 21.2 Å². The second-order valence-corrected chi connectivity index (χ2v) is 9.68. The Morgan fingerprint density at radius 2 is 1.74 bits per heavy atom. The number of ether oxygens (including phenoxy) is 1. The van der Waals surface area contributed by atoms with Crippen LogP contribution in [0.25, 0.3) is 11.0 Å². The van der Waals surface area contributed by atoms with Gasteiger partial charge in [-0.25, -0.2) is 18.4 Å². The summed E-state index contributed by atoms with van der Waals surface area (Å²) in [5.74, 6) is 0.698. The number of amides is 1. The zero-order valence-electron chi connectivity index (χ0n) is 17.8. The highest BCUT2D eigenvalue weighted by Crippen LogP contribution is 2.32. The number of hydrogen-bond donors (Lipinski definition) is 3. The van der Waals surface area contributed by atoms with Crippen LogP contribution >= 0.6 is 11.6 Å². The van der Waals surface area contributed by atoms with Crippen molar-refractivity contribution in [2.45, 2.75) is 11.3 Å². The molecule has 3 aromatic carbocycles. The Labute approximate surface area is 200 Å². The predicted molar refractivity (Wildman–Crippen MR) is 130 cm³/mol. The van der Waals surface area contributed by atoms with Crippen LogP contribution in [0, 0.1) is 0 Å². The average Bonchev–Trinajstić information content (AvgIpc) is 3.18. The molecule has 34 heavy (non-hydrogen) atoms. The summed E-state index contributed by atoms with van der Waals surface area (Å²) in [6, 6.07) is 16.3. The Balaban J connectivity index is 1.57. The molecule has 1 aliphatic heterocycles. The van der Waals surface area contributed by atoms with E-state index in [0.717, 1.165) is 5.56 Å². The predicted octanol–water partition coefficient (Wildman–Crippen LogP) is 4.33. The maximum Gasteiger partial charge on any atom is 0.263 e. The van der Waals surface area contributed by atoms with Gasteiger partial charge in [-0.05, 0) is 54.1 Å². The van der Waals surface area contributed by atoms with E-state index in [0.29, 0.717) is 39.6 Å². The molecule has 0 saturated carbocycles. The molecule has 0 atom stereocenters. The van der Waals surface area contributed by atoms with Crippen LogP contribution in [0.4, 0.5) is 23.0 Å². The fourth-order valence-corrected chi connectivity index (χ4v) is 4.68. The van der Waals surface area contributed by atoms with Crippen molar-refractivity contribution in [3.8, 4) is 5.75 Å². The Hall–Kier alpha value is -3.89. The van der Waals surface area contributed by atoms with Crippen molar-refractivity contribution >= 4 is 61.6 Å². The summed E-state index contributed by atoms with van der Waals surface area (Å²) in [7, 11) is -2.43. The number of hydrogen-bond acceptors (Lipinski definition) is 7. The molecule has 11 heteroatoms. The highest BCUT2D eigenvalue weighted by molar-refractivity contribution is 7.92. The van der Waals surface area contributed by atoms with Gasteiger partial charge in [0.2, 0.25) is 5.91 Å². The third-order valence-corrected chi connectivity index (χ3v) is 6.83. The van der Waals surface area contributed by atoms with Gasteiger partial charge in [0.05, 0.1) is 29.5 Å². The van der Waals surface area contributed by atoms with E-state index in [1.807, 2.05) is 6.07 Å². The number of aromatic nitrogens is 2. The number of nitrogens with zero attached hydrogens (tertiary/aromatic N) is 2. The standard InChI is InChI=1S/C23H18ClN5O4S/c1-33-16-6-9-18-20(12-16)28-22(25-15-5-2-13-10-21(30)26-19(13)11-15)23(27-18)29-34(31,32)17-7-3-14(24)4-8-17/h2-9,11-12H,10H2,1H3,(H,25,28)(H,26,30)(H,27,29). The Morgan fingerprint density at radius 3 is 2.50 bits per heavy atom. The van der Waals surface area contributed by atoms with Crippen LogP contribution in [0.3, 0.4) is 0 Å². The Morgan fingerprint density at radius 1 is 0.971 bits per heavy atom. The molecule has 2 heterocycles. The highest BCUT2D eigenvalue weighted by Gasteiger charge is 2.21. The number of carbonyl (C=O) groups is 1. The molecule has 0 aliphatic carbocycles. The molecular weight excluding hydrogens is 478 g/mol. The molecule has 0 bridgehead atoms. The molecule has 3 N–H and O–H groups in total. The molecule has 0 radical (unpaired) electrons. The van der Waals surface area contributed by atoms with Crippen molar-refractivity contribution in [1.29, 1.82) is 0 Å². The van der Waals surface area contributed by atoms with Crippen molar-refractivity contribution in [1.82, 2.24) is 9.97 Å². The summed E-state index contributed by atoms with van der Waals surface area (Å²) >= 11 is 5.89. The van der Waals surface area contributed by atoms with E-state index in [2.05, 4.69) is 25.3 Å². The summed E-state index contributed by atoms with van der Waals surface area (Å²) in [4.78, 5) is 20.8. The average molecular weight is 496 g/mol. The lowest BCUT2D eigenvalue weighted by atomic mass is 10.1. The number of sulfonamides is 1. The second-order valence-electron chi connectivity index (χ2n) is 7.56. The number of benzene rings is 3. The maximum absolute atomic E-state index is 13.0. The first kappa shape index (κ1) is 21.9. The SMILES string of the molecule is COc1ccc2nc(NS(=O)(=O)c3ccc(Cl)cc3)c(Nc3ccc4c(c3)NC(=O)C4)nc2c1. The lowest BCUT2D eigenvalue weighted by molar-refractivity contribution is -0.115. The summed E-state index contributed by atoms with van der Waals surface area (Å²) in [5, 5.41) is 6.33. The van der Waals surface area contributed by atoms with Crippen LogP contribution in [0.5, 0.6) is 5.75 Å². The maximum atomic E-state index is 13.0. The van der Waals surface area contributed by atoms with Gasteiger partial charge >= 0.3 is 0 Å². The van der Waals surface area contributed by atoms with Gasteiger partial charge in [-0.15, -0.1) is 0 Å². The largest absolute Gasteiger partial charge is 0.497 e. The molecule has 172 valence electrons. The van der Waals surface area contributed by atoms with E-state index < -0.39 is 10.0 Å². The molecule has 1 aromatic heterocycles. The number of rotatable bonds is 6. The van der Waals surface area contributed by atoms with Gasteiger partial charge in [0.15, 0.2) is 11.6 Å². The summed E-state index contributed by atoms with van der Waals surface area (Å²) in [5.41, 5.74) is 3.15. The fraction of sp³-hybridized carbons (Fsp3) is 0.0870. The van der Waals surface area contributed by atoms with Gasteiger partial charge < -0.3 is 15.4 Å². The van der Waals surface area contributed by atoms with Gasteiger partial charge in [0.1, 0.15) is 5.75 Å². The summed E-state index contributed by atoms with van der Waals surface area (Å²) in [6.45, 7) is 0. The minimum Gasteiger partial charge on any atom is -0.497 e. The zero-order chi connectivity index (χ0) is 23.9. The minimum atomic E-state index is -3.98. The Bertz CT molecular complexity index is 1540. The van der Waals surface area contributed by atoms with Crippen molar-refractivity contribution in [3.63, 3.8) is 0 Å². The molecule has 5 rings (SSSR count). The molecule has 4 aromatic rings. The van der Waals surface area contributed by atoms with E-state index in [-0.39, 0.29) is 22.4 Å². The van der Waals surface area contributed by atoms with Gasteiger partial charge in [0.25, 0.3) is 10.0 Å². The number of nitrogens with one attached hydrogen (secondary N) is 3. The van der Waals surface area contributed by atoms with Crippen molar-refractivity contribution < 1.29 is 17.9 Å². The molecule has 0 unspecified atom stereocenters. The number of halogens is 1. The normalized spacial score (nSPS) is 12.8. The van der Waals surface area contributed by atoms with Crippen LogP contribution in [0.2, 0.25) is 5.02 Å². The van der Waals surface area contributed by atoms with Crippen molar-refractivity contribution in [2.75, 3.05) is 22.5 Å². The molecule has 1 amide bonds. The van der Waals surface area contributed by atoms with Crippen LogP contribution in [0.1, 0.15) is 5.56 Å². The third-order valence-electron chi connectivity index (χ3n) is 5.22. The number of methoxy groups -OCH3 is 1. The minimum absolute atomic E-state index is 0.0113. The number of anilines is 4. The molecule has 9 nitrogen and oxygen atoms in total. The summed E-state index contributed by atoms with van der Waals surface area (Å²) in [6.07, 6.45) is 0.317. The Kier molecular flexibility index (Phi) is 5.46. The van der Waals surface area contributed by atoms with Gasteiger partial charge in [-0.3, -0.25) is 9.52 Å². The van der Waals surface area contributed by atoms with Crippen LogP contribution < -0.4 is 20.1 Å². The fourth-order valence-electron chi connectivity index (χ4n) is 3.55. The highest BCUT2D eigenvalue weighted by atomic mass is 35.5. The number of carbonyl (C=O) groups excluding carboxylic acids is 1. The van der Waals surface area contributed by atoms with Crippen molar-refractivity contribution in [3.05, 3.63) is 71.2 Å². The van der Waals surface area contributed by atoms with E-state index in [4.69, 9.17) is 16.3 Å². The van der Waals surface area contributed by atoms with E-state index in [1.54, 1.807) is 37.4 Å². The molecule has 0 spiro atoms. The van der Waals surface area contributed by atoms with Gasteiger partial charge in [-0.2, -0.15) is 0 Å². The first-order valence-electron chi connectivity index (χ1n) is 10.1. The topological polar surface area (TPSA) is 122 Å². The third kappa shape index (κ3) is 4.33. The molecule has 0 saturated heterocycles. The monoisotopic (exact) mass is 495 g/mol. The zero-order valence-corrected chi connectivity index (χ0v) is 19.4. The van der Waals surface area contributed by atoms with E-state index in [9.17, 15) is 13.2 Å². The molecule has 1 aliphatic rings. The van der Waals surface area contributed by atoms with E-state index >= 15 is 0 Å². The lowest BCUT2D eigenvalue weighted by Gasteiger charge is -2.15. The lowest BCUT2D eigenvalue weighted by Crippen LogP contribution is -2.16. The smallest absolute Gasteiger partial charge is 0.263 e. The molecular formula is C23H18ClN5O4S. The van der Waals surface area contributed by atoms with Crippen molar-refractivity contribution in [2.24, 2.45) is 0 Å². The van der Waals surface area contributed by atoms with Gasteiger partial charge in [-0.1, -0.05) is 17.7 Å². The second kappa shape index (κ2) is 8.47. The first-order chi connectivity index (χ1) is 16.3. The summed E-state index contributed by atoms with van der Waals surface area (Å²) < 4.78 is 33.8. The van der Waals surface area contributed by atoms with Crippen LogP contribution in [-0.4, -0.2) is 31.4 Å². The molecule has 0 fully saturated rings.